The molecule has 0 spiro atoms. The van der Waals surface area contributed by atoms with E-state index < -0.39 is 0 Å². The Morgan fingerprint density at radius 2 is 1.85 bits per heavy atom. The van der Waals surface area contributed by atoms with Gasteiger partial charge in [-0.25, -0.2) is 4.39 Å². The molecule has 1 aliphatic heterocycles. The van der Waals surface area contributed by atoms with E-state index in [4.69, 9.17) is 0 Å². The molecule has 1 saturated heterocycles. The zero-order valence-corrected chi connectivity index (χ0v) is 11.9. The molecule has 0 bridgehead atoms. The number of rotatable bonds is 5. The highest BCUT2D eigenvalue weighted by Gasteiger charge is 2.16. The van der Waals surface area contributed by atoms with Crippen LogP contribution in [0.5, 0.6) is 0 Å². The van der Waals surface area contributed by atoms with Crippen LogP contribution in [0.1, 0.15) is 13.3 Å². The van der Waals surface area contributed by atoms with E-state index in [1.807, 2.05) is 12.1 Å². The Bertz CT molecular complexity index is 427. The van der Waals surface area contributed by atoms with Gasteiger partial charge in [-0.2, -0.15) is 0 Å². The lowest BCUT2D eigenvalue weighted by molar-refractivity contribution is -0.118. The standard InChI is InChI=1S/C15H22FN3O/c1-13(20)17-7-2-8-18-9-11-19(12-10-18)15-5-3-14(16)4-6-15/h3-6H,2,7-12H2,1H3,(H,17,20). The second-order valence-corrected chi connectivity index (χ2v) is 5.14. The molecule has 0 radical (unpaired) electrons. The zero-order chi connectivity index (χ0) is 14.4. The molecule has 1 aromatic rings. The molecule has 20 heavy (non-hydrogen) atoms. The average Bonchev–Trinajstić information content (AvgIpc) is 2.45. The Hall–Kier alpha value is -1.62. The van der Waals surface area contributed by atoms with Crippen molar-refractivity contribution < 1.29 is 9.18 Å². The van der Waals surface area contributed by atoms with Crippen molar-refractivity contribution in [3.05, 3.63) is 30.1 Å². The lowest BCUT2D eigenvalue weighted by Crippen LogP contribution is -2.47. The van der Waals surface area contributed by atoms with Crippen molar-refractivity contribution in [2.45, 2.75) is 13.3 Å². The molecule has 1 N–H and O–H groups in total. The molecule has 2 rings (SSSR count). The Kier molecular flexibility index (Phi) is 5.35. The third-order valence-corrected chi connectivity index (χ3v) is 3.59. The maximum Gasteiger partial charge on any atom is 0.216 e. The van der Waals surface area contributed by atoms with Crippen molar-refractivity contribution >= 4 is 11.6 Å². The lowest BCUT2D eigenvalue weighted by Gasteiger charge is -2.36. The van der Waals surface area contributed by atoms with Crippen LogP contribution in [0.25, 0.3) is 0 Å². The van der Waals surface area contributed by atoms with E-state index in [-0.39, 0.29) is 11.7 Å². The minimum atomic E-state index is -0.189. The quantitative estimate of drug-likeness (QED) is 0.829. The van der Waals surface area contributed by atoms with E-state index >= 15 is 0 Å². The number of anilines is 1. The Labute approximate surface area is 119 Å². The summed E-state index contributed by atoms with van der Waals surface area (Å²) in [5.74, 6) is -0.156. The number of nitrogens with one attached hydrogen (secondary N) is 1. The summed E-state index contributed by atoms with van der Waals surface area (Å²) in [5, 5.41) is 2.81. The van der Waals surface area contributed by atoms with Crippen LogP contribution in [0.3, 0.4) is 0 Å². The number of nitrogens with zero attached hydrogens (tertiary/aromatic N) is 2. The van der Waals surface area contributed by atoms with E-state index in [0.717, 1.165) is 51.4 Å². The molecule has 5 heteroatoms. The van der Waals surface area contributed by atoms with Crippen LogP contribution in [0.15, 0.2) is 24.3 Å². The first-order chi connectivity index (χ1) is 9.65. The minimum absolute atomic E-state index is 0.0335. The van der Waals surface area contributed by atoms with Gasteiger partial charge in [-0.15, -0.1) is 0 Å². The number of halogens is 1. The SMILES string of the molecule is CC(=O)NCCCN1CCN(c2ccc(F)cc2)CC1. The van der Waals surface area contributed by atoms with Crippen LogP contribution in [-0.2, 0) is 4.79 Å². The Morgan fingerprint density at radius 1 is 1.20 bits per heavy atom. The van der Waals surface area contributed by atoms with Crippen LogP contribution in [0, 0.1) is 5.82 Å². The van der Waals surface area contributed by atoms with Gasteiger partial charge in [-0.3, -0.25) is 9.69 Å². The van der Waals surface area contributed by atoms with Crippen molar-refractivity contribution in [1.82, 2.24) is 10.2 Å². The first-order valence-corrected chi connectivity index (χ1v) is 7.12. The molecule has 4 nitrogen and oxygen atoms in total. The zero-order valence-electron chi connectivity index (χ0n) is 11.9. The molecule has 1 amide bonds. The highest BCUT2D eigenvalue weighted by Crippen LogP contribution is 2.16. The molecule has 0 aromatic heterocycles. The summed E-state index contributed by atoms with van der Waals surface area (Å²) < 4.78 is 12.9. The first kappa shape index (κ1) is 14.8. The maximum atomic E-state index is 12.9. The van der Waals surface area contributed by atoms with Crippen molar-refractivity contribution in [3.63, 3.8) is 0 Å². The summed E-state index contributed by atoms with van der Waals surface area (Å²) in [7, 11) is 0. The number of hydrogen-bond acceptors (Lipinski definition) is 3. The molecule has 1 aromatic carbocycles. The molecule has 0 saturated carbocycles. The summed E-state index contributed by atoms with van der Waals surface area (Å²) in [6, 6.07) is 6.69. The fourth-order valence-electron chi connectivity index (χ4n) is 2.45. The summed E-state index contributed by atoms with van der Waals surface area (Å²) in [4.78, 5) is 15.4. The number of hydrogen-bond donors (Lipinski definition) is 1. The van der Waals surface area contributed by atoms with Gasteiger partial charge in [0.25, 0.3) is 0 Å². The van der Waals surface area contributed by atoms with Gasteiger partial charge in [0.2, 0.25) is 5.91 Å². The molecule has 1 heterocycles. The fourth-order valence-corrected chi connectivity index (χ4v) is 2.45. The molecule has 0 unspecified atom stereocenters. The normalized spacial score (nSPS) is 16.2. The van der Waals surface area contributed by atoms with E-state index in [9.17, 15) is 9.18 Å². The van der Waals surface area contributed by atoms with Gasteiger partial charge >= 0.3 is 0 Å². The second-order valence-electron chi connectivity index (χ2n) is 5.14. The highest BCUT2D eigenvalue weighted by atomic mass is 19.1. The van der Waals surface area contributed by atoms with E-state index in [2.05, 4.69) is 15.1 Å². The molecule has 1 fully saturated rings. The van der Waals surface area contributed by atoms with Crippen LogP contribution in [0.2, 0.25) is 0 Å². The second kappa shape index (κ2) is 7.24. The van der Waals surface area contributed by atoms with Crippen molar-refractivity contribution in [3.8, 4) is 0 Å². The smallest absolute Gasteiger partial charge is 0.216 e. The predicted octanol–water partition coefficient (Wildman–Crippen LogP) is 1.47. The Balaban J connectivity index is 1.69. The van der Waals surface area contributed by atoms with Crippen LogP contribution >= 0.6 is 0 Å². The maximum absolute atomic E-state index is 12.9. The number of benzene rings is 1. The number of piperazine rings is 1. The first-order valence-electron chi connectivity index (χ1n) is 7.12. The van der Waals surface area contributed by atoms with Gasteiger partial charge in [0.1, 0.15) is 5.82 Å². The van der Waals surface area contributed by atoms with Gasteiger partial charge in [-0.05, 0) is 37.2 Å². The van der Waals surface area contributed by atoms with E-state index in [1.54, 1.807) is 6.92 Å². The van der Waals surface area contributed by atoms with Crippen molar-refractivity contribution in [1.29, 1.82) is 0 Å². The fraction of sp³-hybridized carbons (Fsp3) is 0.533. The summed E-state index contributed by atoms with van der Waals surface area (Å²) >= 11 is 0. The van der Waals surface area contributed by atoms with Gasteiger partial charge in [0.15, 0.2) is 0 Å². The lowest BCUT2D eigenvalue weighted by atomic mass is 10.2. The largest absolute Gasteiger partial charge is 0.369 e. The monoisotopic (exact) mass is 279 g/mol. The molecule has 0 aliphatic carbocycles. The van der Waals surface area contributed by atoms with Crippen LogP contribution < -0.4 is 10.2 Å². The molecular weight excluding hydrogens is 257 g/mol. The molecular formula is C15H22FN3O. The summed E-state index contributed by atoms with van der Waals surface area (Å²) in [5.41, 5.74) is 1.09. The van der Waals surface area contributed by atoms with Crippen molar-refractivity contribution in [2.24, 2.45) is 0 Å². The van der Waals surface area contributed by atoms with Gasteiger partial charge in [-0.1, -0.05) is 0 Å². The highest BCUT2D eigenvalue weighted by molar-refractivity contribution is 5.72. The molecule has 0 atom stereocenters. The third kappa shape index (κ3) is 4.49. The van der Waals surface area contributed by atoms with Gasteiger partial charge in [0, 0.05) is 45.3 Å². The minimum Gasteiger partial charge on any atom is -0.369 e. The van der Waals surface area contributed by atoms with Gasteiger partial charge in [0.05, 0.1) is 0 Å². The summed E-state index contributed by atoms with van der Waals surface area (Å²) in [6.45, 7) is 7.25. The number of amides is 1. The van der Waals surface area contributed by atoms with Gasteiger partial charge < -0.3 is 10.2 Å². The molecule has 110 valence electrons. The van der Waals surface area contributed by atoms with Crippen LogP contribution in [0.4, 0.5) is 10.1 Å². The third-order valence-electron chi connectivity index (χ3n) is 3.59. The molecule has 1 aliphatic rings. The van der Waals surface area contributed by atoms with E-state index in [1.165, 1.54) is 12.1 Å². The number of carbonyl (C=O) groups is 1. The average molecular weight is 279 g/mol. The predicted molar refractivity (Wildman–Crippen MR) is 78.4 cm³/mol. The van der Waals surface area contributed by atoms with E-state index in [0.29, 0.717) is 0 Å². The van der Waals surface area contributed by atoms with Crippen molar-refractivity contribution in [2.75, 3.05) is 44.2 Å². The topological polar surface area (TPSA) is 35.6 Å². The summed E-state index contributed by atoms with van der Waals surface area (Å²) in [6.07, 6.45) is 0.982. The Morgan fingerprint density at radius 3 is 2.45 bits per heavy atom. The number of carbonyl (C=O) groups excluding carboxylic acids is 1. The van der Waals surface area contributed by atoms with Crippen LogP contribution in [-0.4, -0.2) is 50.1 Å².